The average Bonchev–Trinajstić information content (AvgIpc) is 2.48. The lowest BCUT2D eigenvalue weighted by atomic mass is 9.91. The summed E-state index contributed by atoms with van der Waals surface area (Å²) in [5, 5.41) is 0. The average molecular weight is 288 g/mol. The van der Waals surface area contributed by atoms with Gasteiger partial charge in [0.1, 0.15) is 7.05 Å². The molecule has 0 amide bonds. The number of pyridine rings is 1. The SMILES string of the molecule is Cc1ccccc1-c1c(-c2c(C)cccc2C)ccc[n+]1C. The fourth-order valence-corrected chi connectivity index (χ4v) is 3.23. The number of aryl methyl sites for hydroxylation is 4. The zero-order valence-electron chi connectivity index (χ0n) is 13.7. The van der Waals surface area contributed by atoms with E-state index in [0.717, 1.165) is 0 Å². The summed E-state index contributed by atoms with van der Waals surface area (Å²) in [6.45, 7) is 6.56. The Morgan fingerprint density at radius 1 is 0.636 bits per heavy atom. The molecular weight excluding hydrogens is 266 g/mol. The fourth-order valence-electron chi connectivity index (χ4n) is 3.23. The van der Waals surface area contributed by atoms with E-state index >= 15 is 0 Å². The molecule has 0 aliphatic carbocycles. The monoisotopic (exact) mass is 288 g/mol. The molecule has 0 spiro atoms. The van der Waals surface area contributed by atoms with Gasteiger partial charge >= 0.3 is 0 Å². The van der Waals surface area contributed by atoms with E-state index in [1.807, 2.05) is 0 Å². The maximum absolute atomic E-state index is 2.23. The Bertz CT molecular complexity index is 811. The van der Waals surface area contributed by atoms with Crippen molar-refractivity contribution in [2.45, 2.75) is 20.8 Å². The third-order valence-corrected chi connectivity index (χ3v) is 4.33. The van der Waals surface area contributed by atoms with E-state index in [1.54, 1.807) is 0 Å². The molecule has 1 heteroatoms. The van der Waals surface area contributed by atoms with Crippen LogP contribution in [0.2, 0.25) is 0 Å². The summed E-state index contributed by atoms with van der Waals surface area (Å²) in [4.78, 5) is 0. The molecule has 3 rings (SSSR count). The number of benzene rings is 2. The van der Waals surface area contributed by atoms with Gasteiger partial charge in [-0.15, -0.1) is 0 Å². The van der Waals surface area contributed by atoms with Gasteiger partial charge in [0.05, 0.1) is 5.56 Å². The highest BCUT2D eigenvalue weighted by Gasteiger charge is 2.20. The van der Waals surface area contributed by atoms with Crippen LogP contribution in [0, 0.1) is 20.8 Å². The molecule has 0 saturated carbocycles. The molecule has 0 bridgehead atoms. The van der Waals surface area contributed by atoms with E-state index < -0.39 is 0 Å². The smallest absolute Gasteiger partial charge is 0.200 e. The zero-order chi connectivity index (χ0) is 15.7. The number of nitrogens with zero attached hydrogens (tertiary/aromatic N) is 1. The van der Waals surface area contributed by atoms with Gasteiger partial charge < -0.3 is 0 Å². The van der Waals surface area contributed by atoms with Crippen LogP contribution in [0.3, 0.4) is 0 Å². The van der Waals surface area contributed by atoms with E-state index in [4.69, 9.17) is 0 Å². The van der Waals surface area contributed by atoms with Crippen molar-refractivity contribution in [2.75, 3.05) is 0 Å². The molecule has 0 aliphatic rings. The molecule has 0 atom stereocenters. The summed E-state index contributed by atoms with van der Waals surface area (Å²) >= 11 is 0. The van der Waals surface area contributed by atoms with Crippen molar-refractivity contribution < 1.29 is 4.57 Å². The summed E-state index contributed by atoms with van der Waals surface area (Å²) in [6.07, 6.45) is 2.12. The largest absolute Gasteiger partial charge is 0.220 e. The summed E-state index contributed by atoms with van der Waals surface area (Å²) in [7, 11) is 2.12. The molecule has 3 aromatic rings. The maximum atomic E-state index is 2.23. The molecule has 0 N–H and O–H groups in total. The van der Waals surface area contributed by atoms with Gasteiger partial charge in [0.25, 0.3) is 0 Å². The lowest BCUT2D eigenvalue weighted by Crippen LogP contribution is -2.31. The summed E-state index contributed by atoms with van der Waals surface area (Å²) in [6, 6.07) is 19.5. The van der Waals surface area contributed by atoms with Crippen LogP contribution in [0.4, 0.5) is 0 Å². The summed E-state index contributed by atoms with van der Waals surface area (Å²) < 4.78 is 2.23. The topological polar surface area (TPSA) is 3.88 Å². The van der Waals surface area contributed by atoms with Crippen LogP contribution in [0.1, 0.15) is 16.7 Å². The first-order chi connectivity index (χ1) is 10.6. The third kappa shape index (κ3) is 2.43. The van der Waals surface area contributed by atoms with Gasteiger partial charge in [0.15, 0.2) is 6.20 Å². The van der Waals surface area contributed by atoms with Crippen molar-refractivity contribution in [1.82, 2.24) is 0 Å². The highest BCUT2D eigenvalue weighted by atomic mass is 14.9. The highest BCUT2D eigenvalue weighted by molar-refractivity contribution is 5.83. The second kappa shape index (κ2) is 5.76. The first-order valence-corrected chi connectivity index (χ1v) is 7.71. The van der Waals surface area contributed by atoms with Gasteiger partial charge in [-0.2, -0.15) is 0 Å². The first-order valence-electron chi connectivity index (χ1n) is 7.71. The van der Waals surface area contributed by atoms with E-state index in [9.17, 15) is 0 Å². The van der Waals surface area contributed by atoms with E-state index in [2.05, 4.69) is 93.2 Å². The van der Waals surface area contributed by atoms with Crippen LogP contribution in [0.25, 0.3) is 22.4 Å². The van der Waals surface area contributed by atoms with Crippen molar-refractivity contribution in [1.29, 1.82) is 0 Å². The lowest BCUT2D eigenvalue weighted by Gasteiger charge is -2.14. The van der Waals surface area contributed by atoms with Crippen LogP contribution in [-0.4, -0.2) is 0 Å². The predicted molar refractivity (Wildman–Crippen MR) is 92.7 cm³/mol. The van der Waals surface area contributed by atoms with Crippen molar-refractivity contribution >= 4 is 0 Å². The molecule has 0 saturated heterocycles. The van der Waals surface area contributed by atoms with Crippen molar-refractivity contribution in [3.05, 3.63) is 77.5 Å². The second-order valence-electron chi connectivity index (χ2n) is 5.96. The zero-order valence-corrected chi connectivity index (χ0v) is 13.7. The van der Waals surface area contributed by atoms with Gasteiger partial charge in [-0.1, -0.05) is 36.4 Å². The molecule has 1 aromatic heterocycles. The van der Waals surface area contributed by atoms with Crippen molar-refractivity contribution in [2.24, 2.45) is 7.05 Å². The van der Waals surface area contributed by atoms with Crippen LogP contribution in [0.15, 0.2) is 60.8 Å². The quantitative estimate of drug-likeness (QED) is 0.598. The molecule has 1 nitrogen and oxygen atoms in total. The summed E-state index contributed by atoms with van der Waals surface area (Å²) in [5.41, 5.74) is 9.16. The number of hydrogen-bond donors (Lipinski definition) is 0. The van der Waals surface area contributed by atoms with E-state index in [-0.39, 0.29) is 0 Å². The standard InChI is InChI=1S/C21H22N/c1-15-9-5-6-12-18(15)21-19(13-8-14-22(21)4)20-16(2)10-7-11-17(20)3/h5-14H,1-4H3/q+1. The molecule has 0 aliphatic heterocycles. The Morgan fingerprint density at radius 2 is 1.23 bits per heavy atom. The molecule has 0 unspecified atom stereocenters. The van der Waals surface area contributed by atoms with Crippen LogP contribution in [-0.2, 0) is 7.05 Å². The Morgan fingerprint density at radius 3 is 1.91 bits per heavy atom. The maximum Gasteiger partial charge on any atom is 0.220 e. The number of aromatic nitrogens is 1. The van der Waals surface area contributed by atoms with Crippen LogP contribution in [0.5, 0.6) is 0 Å². The Kier molecular flexibility index (Phi) is 3.81. The predicted octanol–water partition coefficient (Wildman–Crippen LogP) is 4.77. The molecule has 110 valence electrons. The first kappa shape index (κ1) is 14.5. The van der Waals surface area contributed by atoms with Gasteiger partial charge in [-0.05, 0) is 55.2 Å². The second-order valence-corrected chi connectivity index (χ2v) is 5.96. The molecule has 2 aromatic carbocycles. The van der Waals surface area contributed by atoms with Crippen LogP contribution >= 0.6 is 0 Å². The molecule has 0 radical (unpaired) electrons. The highest BCUT2D eigenvalue weighted by Crippen LogP contribution is 2.34. The minimum Gasteiger partial charge on any atom is -0.200 e. The fraction of sp³-hybridized carbons (Fsp3) is 0.190. The van der Waals surface area contributed by atoms with Crippen LogP contribution < -0.4 is 4.57 Å². The van der Waals surface area contributed by atoms with Gasteiger partial charge in [0, 0.05) is 11.6 Å². The molecule has 0 fully saturated rings. The number of rotatable bonds is 2. The Balaban J connectivity index is 2.36. The normalized spacial score (nSPS) is 10.7. The molecule has 1 heterocycles. The van der Waals surface area contributed by atoms with Gasteiger partial charge in [-0.25, -0.2) is 4.57 Å². The third-order valence-electron chi connectivity index (χ3n) is 4.33. The Hall–Kier alpha value is -2.41. The summed E-state index contributed by atoms with van der Waals surface area (Å²) in [5.74, 6) is 0. The van der Waals surface area contributed by atoms with Crippen molar-refractivity contribution in [3.8, 4) is 22.4 Å². The van der Waals surface area contributed by atoms with Gasteiger partial charge in [-0.3, -0.25) is 0 Å². The minimum absolute atomic E-state index is 1.28. The van der Waals surface area contributed by atoms with Crippen molar-refractivity contribution in [3.63, 3.8) is 0 Å². The molecule has 22 heavy (non-hydrogen) atoms. The van der Waals surface area contributed by atoms with E-state index in [1.165, 1.54) is 39.1 Å². The number of hydrogen-bond acceptors (Lipinski definition) is 0. The Labute approximate surface area is 132 Å². The molecular formula is C21H22N+. The lowest BCUT2D eigenvalue weighted by molar-refractivity contribution is -0.660. The van der Waals surface area contributed by atoms with Gasteiger partial charge in [0.2, 0.25) is 5.69 Å². The minimum atomic E-state index is 1.28. The van der Waals surface area contributed by atoms with E-state index in [0.29, 0.717) is 0 Å².